The summed E-state index contributed by atoms with van der Waals surface area (Å²) in [5, 5.41) is 4.45. The van der Waals surface area contributed by atoms with Crippen LogP contribution in [-0.2, 0) is 11.2 Å². The Morgan fingerprint density at radius 3 is 2.37 bits per heavy atom. The minimum Gasteiger partial charge on any atom is -0.397 e. The third kappa shape index (κ3) is 6.86. The van der Waals surface area contributed by atoms with Gasteiger partial charge in [0, 0.05) is 76.2 Å². The second-order valence-corrected chi connectivity index (χ2v) is 14.4. The molecule has 5 heterocycles. The number of halogens is 1. The van der Waals surface area contributed by atoms with Gasteiger partial charge in [-0.05, 0) is 62.9 Å². The van der Waals surface area contributed by atoms with E-state index in [1.54, 1.807) is 21.7 Å². The molecule has 0 unspecified atom stereocenters. The number of carbonyl (C=O) groups is 2. The predicted molar refractivity (Wildman–Crippen MR) is 193 cm³/mol. The molecular formula is C36H46ClN9O3. The Bertz CT molecular complexity index is 1880. The topological polar surface area (TPSA) is 136 Å². The van der Waals surface area contributed by atoms with Gasteiger partial charge in [-0.2, -0.15) is 0 Å². The van der Waals surface area contributed by atoms with Crippen LogP contribution in [0.1, 0.15) is 42.9 Å². The third-order valence-corrected chi connectivity index (χ3v) is 11.2. The molecule has 260 valence electrons. The number of aryl methyl sites for hydroxylation is 1. The van der Waals surface area contributed by atoms with Gasteiger partial charge in [0.2, 0.25) is 5.91 Å². The molecule has 2 aromatic carbocycles. The number of urea groups is 1. The lowest BCUT2D eigenvalue weighted by molar-refractivity contribution is -0.135. The highest BCUT2D eigenvalue weighted by Crippen LogP contribution is 2.29. The number of nitrogens with one attached hydrogen (secondary N) is 2. The highest BCUT2D eigenvalue weighted by Gasteiger charge is 2.34. The maximum Gasteiger partial charge on any atom is 0.326 e. The zero-order valence-corrected chi connectivity index (χ0v) is 29.1. The molecule has 7 rings (SSSR count). The highest BCUT2D eigenvalue weighted by atomic mass is 35.5. The fourth-order valence-electron chi connectivity index (χ4n) is 7.89. The maximum absolute atomic E-state index is 14.1. The standard InChI is InChI=1S/C36H46ClN9O3/c1-23-19-24(20-28(37)32(23)38)21-30(34(47)44-11-7-25(8-12-44)43-17-15-42(2)16-18-43)40-35(48)45-13-9-26(10-14-45)46-31-22-39-29-6-4-3-5-27(29)33(31)41-36(46)49/h3-6,19-20,22,25-26,30H,7-18,21,38H2,1-2H3,(H,40,48)(H,41,49)/t30-/m1/s1. The number of likely N-dealkylation sites (tertiary alicyclic amines) is 2. The van der Waals surface area contributed by atoms with Gasteiger partial charge in [-0.15, -0.1) is 0 Å². The number of imidazole rings is 1. The third-order valence-electron chi connectivity index (χ3n) is 10.8. The number of nitrogen functional groups attached to an aromatic ring is 1. The molecule has 3 fully saturated rings. The number of aromatic amines is 1. The summed E-state index contributed by atoms with van der Waals surface area (Å²) >= 11 is 6.44. The van der Waals surface area contributed by atoms with E-state index in [9.17, 15) is 14.4 Å². The van der Waals surface area contributed by atoms with Crippen LogP contribution in [0.25, 0.3) is 21.9 Å². The van der Waals surface area contributed by atoms with Gasteiger partial charge in [-0.1, -0.05) is 35.9 Å². The van der Waals surface area contributed by atoms with Crippen LogP contribution in [0.4, 0.5) is 10.5 Å². The van der Waals surface area contributed by atoms with Gasteiger partial charge >= 0.3 is 11.7 Å². The number of rotatable bonds is 6. The van der Waals surface area contributed by atoms with Crippen molar-refractivity contribution in [2.75, 3.05) is 65.1 Å². The van der Waals surface area contributed by atoms with E-state index in [0.717, 1.165) is 72.1 Å². The first-order chi connectivity index (χ1) is 23.7. The molecule has 4 N–H and O–H groups in total. The Balaban J connectivity index is 1.03. The van der Waals surface area contributed by atoms with Crippen LogP contribution in [0, 0.1) is 6.92 Å². The maximum atomic E-state index is 14.1. The molecule has 13 heteroatoms. The highest BCUT2D eigenvalue weighted by molar-refractivity contribution is 6.33. The number of aromatic nitrogens is 3. The van der Waals surface area contributed by atoms with E-state index >= 15 is 0 Å². The van der Waals surface area contributed by atoms with Gasteiger partial charge in [0.05, 0.1) is 33.5 Å². The molecule has 3 aliphatic heterocycles. The van der Waals surface area contributed by atoms with Gasteiger partial charge < -0.3 is 30.7 Å². The number of H-pyrrole nitrogens is 1. The summed E-state index contributed by atoms with van der Waals surface area (Å²) in [4.78, 5) is 57.3. The summed E-state index contributed by atoms with van der Waals surface area (Å²) < 4.78 is 1.79. The normalized spacial score (nSPS) is 19.5. The molecule has 0 aliphatic carbocycles. The fraction of sp³-hybridized carbons (Fsp3) is 0.500. The molecule has 0 radical (unpaired) electrons. The zero-order valence-electron chi connectivity index (χ0n) is 28.3. The molecule has 12 nitrogen and oxygen atoms in total. The largest absolute Gasteiger partial charge is 0.397 e. The van der Waals surface area contributed by atoms with Crippen molar-refractivity contribution in [2.45, 2.75) is 57.2 Å². The molecule has 3 amide bonds. The van der Waals surface area contributed by atoms with E-state index in [0.29, 0.717) is 62.2 Å². The number of benzene rings is 2. The van der Waals surface area contributed by atoms with Crippen LogP contribution >= 0.6 is 11.6 Å². The van der Waals surface area contributed by atoms with E-state index < -0.39 is 6.04 Å². The molecular weight excluding hydrogens is 642 g/mol. The molecule has 0 bridgehead atoms. The van der Waals surface area contributed by atoms with Crippen molar-refractivity contribution in [1.29, 1.82) is 0 Å². The Morgan fingerprint density at radius 2 is 1.65 bits per heavy atom. The average Bonchev–Trinajstić information content (AvgIpc) is 3.46. The second kappa shape index (κ2) is 14.0. The fourth-order valence-corrected chi connectivity index (χ4v) is 8.18. The summed E-state index contributed by atoms with van der Waals surface area (Å²) in [6.07, 6.45) is 5.14. The van der Waals surface area contributed by atoms with Gasteiger partial charge in [0.15, 0.2) is 0 Å². The Hall–Kier alpha value is -4.13. The number of amides is 3. The second-order valence-electron chi connectivity index (χ2n) is 14.0. The SMILES string of the molecule is Cc1cc(C[C@@H](NC(=O)N2CCC(n3c(=O)[nH]c4c5ccccc5ncc43)CC2)C(=O)N2CCC(N3CCN(C)CC3)CC2)cc(Cl)c1N. The van der Waals surface area contributed by atoms with Crippen molar-refractivity contribution >= 4 is 51.2 Å². The van der Waals surface area contributed by atoms with Crippen molar-refractivity contribution in [2.24, 2.45) is 0 Å². The van der Waals surface area contributed by atoms with Crippen molar-refractivity contribution < 1.29 is 9.59 Å². The number of para-hydroxylation sites is 1. The smallest absolute Gasteiger partial charge is 0.326 e. The monoisotopic (exact) mass is 687 g/mol. The van der Waals surface area contributed by atoms with Crippen LogP contribution in [-0.4, -0.2) is 118 Å². The van der Waals surface area contributed by atoms with Crippen molar-refractivity contribution in [1.82, 2.24) is 39.5 Å². The number of hydrogen-bond donors (Lipinski definition) is 3. The summed E-state index contributed by atoms with van der Waals surface area (Å²) in [5.74, 6) is -0.0734. The Morgan fingerprint density at radius 1 is 0.980 bits per heavy atom. The number of piperazine rings is 1. The molecule has 4 aromatic rings. The number of carbonyl (C=O) groups excluding carboxylic acids is 2. The predicted octanol–water partition coefficient (Wildman–Crippen LogP) is 3.62. The number of nitrogens with zero attached hydrogens (tertiary/aromatic N) is 6. The van der Waals surface area contributed by atoms with Crippen molar-refractivity contribution in [3.05, 3.63) is 69.2 Å². The van der Waals surface area contributed by atoms with E-state index in [4.69, 9.17) is 17.3 Å². The zero-order chi connectivity index (χ0) is 34.2. The molecule has 0 saturated carbocycles. The van der Waals surface area contributed by atoms with Crippen LogP contribution in [0.3, 0.4) is 0 Å². The van der Waals surface area contributed by atoms with Crippen LogP contribution in [0.15, 0.2) is 47.4 Å². The first kappa shape index (κ1) is 33.4. The number of nitrogens with two attached hydrogens (primary N) is 1. The summed E-state index contributed by atoms with van der Waals surface area (Å²) in [5.41, 5.74) is 10.5. The molecule has 3 aliphatic rings. The molecule has 3 saturated heterocycles. The van der Waals surface area contributed by atoms with Crippen LogP contribution < -0.4 is 16.7 Å². The lowest BCUT2D eigenvalue weighted by atomic mass is 9.98. The molecule has 0 spiro atoms. The minimum atomic E-state index is -0.750. The van der Waals surface area contributed by atoms with Crippen LogP contribution in [0.5, 0.6) is 0 Å². The van der Waals surface area contributed by atoms with Crippen molar-refractivity contribution in [3.63, 3.8) is 0 Å². The lowest BCUT2D eigenvalue weighted by Crippen LogP contribution is -2.57. The van der Waals surface area contributed by atoms with E-state index in [-0.39, 0.29) is 23.7 Å². The molecule has 1 atom stereocenters. The van der Waals surface area contributed by atoms with E-state index in [1.165, 1.54) is 0 Å². The number of likely N-dealkylation sites (N-methyl/N-ethyl adjacent to an activating group) is 1. The Kier molecular flexibility index (Phi) is 9.54. The van der Waals surface area contributed by atoms with Gasteiger partial charge in [-0.3, -0.25) is 19.2 Å². The molecule has 49 heavy (non-hydrogen) atoms. The minimum absolute atomic E-state index is 0.0734. The Labute approximate surface area is 291 Å². The van der Waals surface area contributed by atoms with Gasteiger partial charge in [0.25, 0.3) is 0 Å². The number of anilines is 1. The average molecular weight is 688 g/mol. The van der Waals surface area contributed by atoms with Crippen LogP contribution in [0.2, 0.25) is 5.02 Å². The first-order valence-electron chi connectivity index (χ1n) is 17.5. The summed E-state index contributed by atoms with van der Waals surface area (Å²) in [6, 6.07) is 10.9. The summed E-state index contributed by atoms with van der Waals surface area (Å²) in [7, 11) is 2.16. The number of fused-ring (bicyclic) bond motifs is 3. The lowest BCUT2D eigenvalue weighted by Gasteiger charge is -2.42. The number of pyridine rings is 1. The van der Waals surface area contributed by atoms with Gasteiger partial charge in [-0.25, -0.2) is 9.59 Å². The first-order valence-corrected chi connectivity index (χ1v) is 17.8. The number of piperidine rings is 2. The van der Waals surface area contributed by atoms with Gasteiger partial charge in [0.1, 0.15) is 6.04 Å². The number of hydrogen-bond acceptors (Lipinski definition) is 7. The van der Waals surface area contributed by atoms with E-state index in [2.05, 4.69) is 32.1 Å². The molecule has 2 aromatic heterocycles. The van der Waals surface area contributed by atoms with E-state index in [1.807, 2.05) is 42.2 Å². The summed E-state index contributed by atoms with van der Waals surface area (Å²) in [6.45, 7) is 8.40. The quantitative estimate of drug-likeness (QED) is 0.264. The van der Waals surface area contributed by atoms with Crippen molar-refractivity contribution in [3.8, 4) is 0 Å².